The predicted molar refractivity (Wildman–Crippen MR) is 90.7 cm³/mol. The van der Waals surface area contributed by atoms with E-state index in [0.29, 0.717) is 5.75 Å². The van der Waals surface area contributed by atoms with Gasteiger partial charge in [-0.05, 0) is 22.0 Å². The number of hydrogen-bond donors (Lipinski definition) is 1. The molecule has 1 nitrogen and oxygen atoms in total. The van der Waals surface area contributed by atoms with E-state index in [4.69, 9.17) is 0 Å². The van der Waals surface area contributed by atoms with E-state index in [9.17, 15) is 5.11 Å². The molecule has 0 unspecified atom stereocenters. The van der Waals surface area contributed by atoms with Gasteiger partial charge >= 0.3 is 0 Å². The number of phenols is 1. The van der Waals surface area contributed by atoms with E-state index in [1.807, 2.05) is 5.03 Å². The van der Waals surface area contributed by atoms with Crippen molar-refractivity contribution < 1.29 is 5.11 Å². The highest BCUT2D eigenvalue weighted by molar-refractivity contribution is 14.1. The number of benzene rings is 1. The fraction of sp³-hybridized carbons (Fsp3) is 0.571. The molecule has 96 valence electrons. The Morgan fingerprint density at radius 3 is 1.61 bits per heavy atom. The third kappa shape index (κ3) is 3.69. The summed E-state index contributed by atoms with van der Waals surface area (Å²) in [5.41, 5.74) is 3.06. The Bertz CT molecular complexity index is 395. The van der Waals surface area contributed by atoms with Gasteiger partial charge in [-0.3, -0.25) is 0 Å². The molecule has 4 heteroatoms. The van der Waals surface area contributed by atoms with Crippen molar-refractivity contribution in [3.63, 3.8) is 0 Å². The van der Waals surface area contributed by atoms with E-state index >= 15 is 0 Å². The summed E-state index contributed by atoms with van der Waals surface area (Å²) >= 11 is 2.22. The molecule has 2 radical (unpaired) electrons. The van der Waals surface area contributed by atoms with Gasteiger partial charge in [0.1, 0.15) is 12.9 Å². The Labute approximate surface area is 126 Å². The Balaban J connectivity index is 3.48. The fourth-order valence-corrected chi connectivity index (χ4v) is 2.38. The minimum atomic E-state index is -0.0563. The molecular weight excluding hydrogens is 333 g/mol. The second-order valence-electron chi connectivity index (χ2n) is 6.76. The lowest BCUT2D eigenvalue weighted by molar-refractivity contribution is 0.424. The molecule has 0 bridgehead atoms. The largest absolute Gasteiger partial charge is 0.507 e. The van der Waals surface area contributed by atoms with E-state index in [2.05, 4.69) is 83.2 Å². The van der Waals surface area contributed by atoms with Crippen LogP contribution in [-0.4, -0.2) is 17.3 Å². The number of halogens is 1. The van der Waals surface area contributed by atoms with Gasteiger partial charge in [-0.15, -0.1) is 0 Å². The number of rotatable bonds is 2. The molecule has 0 atom stereocenters. The van der Waals surface area contributed by atoms with Crippen LogP contribution in [0.15, 0.2) is 12.1 Å². The quantitative estimate of drug-likeness (QED) is 0.639. The lowest BCUT2D eigenvalue weighted by atomic mass is 9.50. The van der Waals surface area contributed by atoms with Gasteiger partial charge in [0.15, 0.2) is 5.03 Å². The summed E-state index contributed by atoms with van der Waals surface area (Å²) in [7, 11) is 2.07. The van der Waals surface area contributed by atoms with Crippen molar-refractivity contribution in [2.75, 3.05) is 0 Å². The number of hydrogen-bond acceptors (Lipinski definition) is 1. The van der Waals surface area contributed by atoms with Crippen molar-refractivity contribution in [2.45, 2.75) is 52.4 Å². The number of phenolic OH excluding ortho intramolecular Hbond substituents is 1. The number of aromatic hydroxyl groups is 1. The zero-order valence-corrected chi connectivity index (χ0v) is 14.3. The van der Waals surface area contributed by atoms with E-state index in [-0.39, 0.29) is 10.8 Å². The summed E-state index contributed by atoms with van der Waals surface area (Å²) in [6.45, 7) is 12.8. The molecule has 0 heterocycles. The van der Waals surface area contributed by atoms with Crippen LogP contribution in [0.5, 0.6) is 5.75 Å². The third-order valence-electron chi connectivity index (χ3n) is 3.00. The Morgan fingerprint density at radius 2 is 1.33 bits per heavy atom. The first-order valence-electron chi connectivity index (χ1n) is 6.22. The Morgan fingerprint density at radius 1 is 0.944 bits per heavy atom. The lowest BCUT2D eigenvalue weighted by Gasteiger charge is -2.28. The smallest absolute Gasteiger partial charge is 0.160 e. The highest BCUT2D eigenvalue weighted by Crippen LogP contribution is 2.37. The van der Waals surface area contributed by atoms with Crippen molar-refractivity contribution in [2.24, 2.45) is 0 Å². The van der Waals surface area contributed by atoms with Gasteiger partial charge in [0.05, 0.1) is 0 Å². The summed E-state index contributed by atoms with van der Waals surface area (Å²) in [6.07, 6.45) is 0. The third-order valence-corrected chi connectivity index (χ3v) is 3.36. The van der Waals surface area contributed by atoms with Crippen molar-refractivity contribution in [1.29, 1.82) is 0 Å². The fourth-order valence-electron chi connectivity index (χ4n) is 1.97. The summed E-state index contributed by atoms with van der Waals surface area (Å²) in [5, 5.41) is 12.5. The molecule has 0 saturated heterocycles. The molecule has 0 aromatic heterocycles. The first-order chi connectivity index (χ1) is 8.07. The van der Waals surface area contributed by atoms with Gasteiger partial charge in [0.25, 0.3) is 0 Å². The maximum absolute atomic E-state index is 10.5. The van der Waals surface area contributed by atoms with Crippen LogP contribution in [0, 0.1) is 0 Å². The van der Waals surface area contributed by atoms with E-state index in [0.717, 1.165) is 16.6 Å². The molecule has 0 amide bonds. The molecule has 0 aliphatic rings. The second kappa shape index (κ2) is 5.48. The molecular formula is C14H21B2IO. The van der Waals surface area contributed by atoms with Crippen LogP contribution in [0.3, 0.4) is 0 Å². The summed E-state index contributed by atoms with van der Waals surface area (Å²) < 4.78 is 0. The van der Waals surface area contributed by atoms with Gasteiger partial charge < -0.3 is 5.11 Å². The van der Waals surface area contributed by atoms with Gasteiger partial charge in [-0.25, -0.2) is 0 Å². The summed E-state index contributed by atoms with van der Waals surface area (Å²) in [4.78, 5) is 0. The highest BCUT2D eigenvalue weighted by atomic mass is 127. The molecule has 1 rings (SSSR count). The maximum Gasteiger partial charge on any atom is 0.160 e. The molecule has 1 N–H and O–H groups in total. The molecule has 0 aliphatic carbocycles. The van der Waals surface area contributed by atoms with Crippen molar-refractivity contribution in [3.8, 4) is 5.75 Å². The first-order valence-corrected chi connectivity index (χ1v) is 7.46. The highest BCUT2D eigenvalue weighted by Gasteiger charge is 2.26. The first kappa shape index (κ1) is 15.9. The van der Waals surface area contributed by atoms with Crippen LogP contribution in [-0.2, 0) is 10.8 Å². The van der Waals surface area contributed by atoms with Gasteiger partial charge in [0, 0.05) is 0 Å². The topological polar surface area (TPSA) is 20.2 Å². The minimum absolute atomic E-state index is 0.0563. The second-order valence-corrected chi connectivity index (χ2v) is 7.48. The van der Waals surface area contributed by atoms with Crippen LogP contribution in [0.4, 0.5) is 0 Å². The molecule has 0 saturated carbocycles. The van der Waals surface area contributed by atoms with Crippen LogP contribution in [0.25, 0.3) is 0 Å². The van der Waals surface area contributed by atoms with Crippen LogP contribution in [0.2, 0.25) is 0 Å². The maximum atomic E-state index is 10.5. The average Bonchev–Trinajstić information content (AvgIpc) is 2.17. The molecule has 1 aromatic rings. The van der Waals surface area contributed by atoms with Crippen molar-refractivity contribution >= 4 is 40.0 Å². The average molecular weight is 354 g/mol. The van der Waals surface area contributed by atoms with Gasteiger partial charge in [-0.1, -0.05) is 59.1 Å². The molecule has 0 spiro atoms. The summed E-state index contributed by atoms with van der Waals surface area (Å²) in [6, 6.07) is 4.17. The Kier molecular flexibility index (Phi) is 4.85. The molecule has 0 aliphatic heterocycles. The zero-order chi connectivity index (χ0) is 14.1. The van der Waals surface area contributed by atoms with Gasteiger partial charge in [-0.2, -0.15) is 22.4 Å². The SMILES string of the molecule is CC(C)(C)c1cc([B][B]I)cc(C(C)(C)C)c1O. The Hall–Kier alpha value is -0.120. The van der Waals surface area contributed by atoms with E-state index in [1.54, 1.807) is 0 Å². The molecule has 0 fully saturated rings. The van der Waals surface area contributed by atoms with Crippen molar-refractivity contribution in [1.82, 2.24) is 0 Å². The molecule has 18 heavy (non-hydrogen) atoms. The summed E-state index contributed by atoms with van der Waals surface area (Å²) in [5.74, 6) is 0.445. The van der Waals surface area contributed by atoms with Crippen LogP contribution < -0.4 is 5.46 Å². The zero-order valence-electron chi connectivity index (χ0n) is 12.1. The standard InChI is InChI=1S/C14H21B2IO/c1-13(2,3)10-7-9(15-16-17)8-11(12(10)18)14(4,5)6/h7-8,18H,1-6H3. The van der Waals surface area contributed by atoms with Crippen molar-refractivity contribution in [3.05, 3.63) is 23.3 Å². The van der Waals surface area contributed by atoms with Crippen LogP contribution in [0.1, 0.15) is 52.7 Å². The van der Waals surface area contributed by atoms with E-state index in [1.165, 1.54) is 0 Å². The van der Waals surface area contributed by atoms with Crippen LogP contribution >= 0.6 is 22.4 Å². The normalized spacial score (nSPS) is 12.4. The molecule has 1 aromatic carbocycles. The predicted octanol–water partition coefficient (Wildman–Crippen LogP) is 3.29. The van der Waals surface area contributed by atoms with E-state index < -0.39 is 0 Å². The lowest BCUT2D eigenvalue weighted by Crippen LogP contribution is -2.26. The minimum Gasteiger partial charge on any atom is -0.507 e. The van der Waals surface area contributed by atoms with Gasteiger partial charge in [0.2, 0.25) is 0 Å². The monoisotopic (exact) mass is 354 g/mol.